The van der Waals surface area contributed by atoms with E-state index in [0.717, 1.165) is 0 Å². The molecule has 0 aromatic heterocycles. The average Bonchev–Trinajstić information content (AvgIpc) is 2.63. The molecule has 3 rings (SSSR count). The minimum atomic E-state index is -3.54. The van der Waals surface area contributed by atoms with Gasteiger partial charge in [-0.25, -0.2) is 8.42 Å². The number of β-amino-alcohol motifs (C(OH)–C–C–N with tert-alkyl or cyclic N) is 1. The average molecular weight is 268 g/mol. The highest BCUT2D eigenvalue weighted by atomic mass is 32.2. The summed E-state index contributed by atoms with van der Waals surface area (Å²) in [6.07, 6.45) is -0.362. The highest BCUT2D eigenvalue weighted by molar-refractivity contribution is 7.89. The molecule has 0 radical (unpaired) electrons. The molecule has 96 valence electrons. The summed E-state index contributed by atoms with van der Waals surface area (Å²) < 4.78 is 25.5. The van der Waals surface area contributed by atoms with E-state index in [1.807, 2.05) is 0 Å². The number of nitrogens with one attached hydrogen (secondary N) is 1. The van der Waals surface area contributed by atoms with E-state index in [9.17, 15) is 13.2 Å². The lowest BCUT2D eigenvalue weighted by molar-refractivity contribution is -0.115. The van der Waals surface area contributed by atoms with Gasteiger partial charge in [-0.05, 0) is 23.8 Å². The highest BCUT2D eigenvalue weighted by Gasteiger charge is 2.36. The first-order valence-electron chi connectivity index (χ1n) is 5.58. The summed E-state index contributed by atoms with van der Waals surface area (Å²) in [7, 11) is -3.54. The second-order valence-electron chi connectivity index (χ2n) is 4.52. The van der Waals surface area contributed by atoms with E-state index in [1.165, 1.54) is 16.4 Å². The molecule has 7 heteroatoms. The fourth-order valence-corrected chi connectivity index (χ4v) is 3.69. The first-order chi connectivity index (χ1) is 8.46. The van der Waals surface area contributed by atoms with Gasteiger partial charge in [-0.3, -0.25) is 4.79 Å². The summed E-state index contributed by atoms with van der Waals surface area (Å²) in [5, 5.41) is 11.8. The van der Waals surface area contributed by atoms with Crippen LogP contribution in [0.3, 0.4) is 0 Å². The summed E-state index contributed by atoms with van der Waals surface area (Å²) >= 11 is 0. The maximum absolute atomic E-state index is 12.2. The van der Waals surface area contributed by atoms with E-state index in [2.05, 4.69) is 5.32 Å². The lowest BCUT2D eigenvalue weighted by atomic mass is 10.2. The van der Waals surface area contributed by atoms with E-state index in [0.29, 0.717) is 11.3 Å². The van der Waals surface area contributed by atoms with Crippen LogP contribution >= 0.6 is 0 Å². The van der Waals surface area contributed by atoms with Crippen molar-refractivity contribution in [2.24, 2.45) is 0 Å². The molecule has 1 aromatic rings. The van der Waals surface area contributed by atoms with Crippen LogP contribution in [0.1, 0.15) is 5.56 Å². The van der Waals surface area contributed by atoms with Crippen LogP contribution in [0.25, 0.3) is 0 Å². The Kier molecular flexibility index (Phi) is 2.44. The number of hydrogen-bond acceptors (Lipinski definition) is 4. The number of aliphatic hydroxyl groups is 1. The van der Waals surface area contributed by atoms with Gasteiger partial charge in [0.05, 0.1) is 17.4 Å². The molecule has 0 bridgehead atoms. The number of nitrogens with zero attached hydrogens (tertiary/aromatic N) is 1. The number of anilines is 1. The molecule has 2 aliphatic heterocycles. The zero-order chi connectivity index (χ0) is 12.9. The van der Waals surface area contributed by atoms with Crippen LogP contribution in [-0.2, 0) is 21.2 Å². The molecular formula is C11H12N2O4S. The van der Waals surface area contributed by atoms with Crippen LogP contribution in [0.5, 0.6) is 0 Å². The highest BCUT2D eigenvalue weighted by Crippen LogP contribution is 2.28. The predicted molar refractivity (Wildman–Crippen MR) is 63.5 cm³/mol. The first-order valence-corrected chi connectivity index (χ1v) is 7.02. The summed E-state index contributed by atoms with van der Waals surface area (Å²) in [4.78, 5) is 11.4. The predicted octanol–water partition coefficient (Wildman–Crippen LogP) is -0.454. The van der Waals surface area contributed by atoms with Crippen molar-refractivity contribution in [3.63, 3.8) is 0 Å². The normalized spacial score (nSPS) is 20.4. The third-order valence-electron chi connectivity index (χ3n) is 3.17. The zero-order valence-electron chi connectivity index (χ0n) is 9.46. The van der Waals surface area contributed by atoms with E-state index in [4.69, 9.17) is 5.11 Å². The minimum absolute atomic E-state index is 0.126. The molecule has 1 saturated heterocycles. The summed E-state index contributed by atoms with van der Waals surface area (Å²) in [5.74, 6) is -0.126. The Balaban J connectivity index is 1.94. The SMILES string of the molecule is O=C1Cc2cc(S(=O)(=O)N3CC(O)C3)ccc2N1. The molecule has 18 heavy (non-hydrogen) atoms. The van der Waals surface area contributed by atoms with E-state index in [1.54, 1.807) is 6.07 Å². The van der Waals surface area contributed by atoms with Gasteiger partial charge in [-0.2, -0.15) is 4.31 Å². The number of aliphatic hydroxyl groups excluding tert-OH is 1. The second-order valence-corrected chi connectivity index (χ2v) is 6.46. The molecule has 2 heterocycles. The van der Waals surface area contributed by atoms with Crippen LogP contribution in [0.4, 0.5) is 5.69 Å². The molecule has 1 fully saturated rings. The number of hydrogen-bond donors (Lipinski definition) is 2. The van der Waals surface area contributed by atoms with Crippen LogP contribution in [0.15, 0.2) is 23.1 Å². The van der Waals surface area contributed by atoms with Crippen molar-refractivity contribution in [3.05, 3.63) is 23.8 Å². The first kappa shape index (κ1) is 11.6. The van der Waals surface area contributed by atoms with Gasteiger partial charge in [0.2, 0.25) is 15.9 Å². The van der Waals surface area contributed by atoms with Gasteiger partial charge in [-0.1, -0.05) is 0 Å². The molecule has 1 amide bonds. The number of amides is 1. The Hall–Kier alpha value is -1.44. The Morgan fingerprint density at radius 3 is 2.72 bits per heavy atom. The maximum atomic E-state index is 12.2. The molecule has 0 atom stereocenters. The number of carbonyl (C=O) groups is 1. The molecule has 1 aromatic carbocycles. The number of benzene rings is 1. The lowest BCUT2D eigenvalue weighted by Crippen LogP contribution is -2.53. The van der Waals surface area contributed by atoms with Gasteiger partial charge < -0.3 is 10.4 Å². The van der Waals surface area contributed by atoms with Crippen LogP contribution in [-0.4, -0.2) is 42.9 Å². The van der Waals surface area contributed by atoms with Crippen molar-refractivity contribution in [2.45, 2.75) is 17.4 Å². The molecule has 0 saturated carbocycles. The largest absolute Gasteiger partial charge is 0.390 e. The Morgan fingerprint density at radius 1 is 1.33 bits per heavy atom. The van der Waals surface area contributed by atoms with Crippen molar-refractivity contribution in [1.29, 1.82) is 0 Å². The monoisotopic (exact) mass is 268 g/mol. The Labute approximate surface area is 104 Å². The molecule has 6 nitrogen and oxygen atoms in total. The van der Waals surface area contributed by atoms with Crippen molar-refractivity contribution in [2.75, 3.05) is 18.4 Å². The van der Waals surface area contributed by atoms with Crippen LogP contribution < -0.4 is 5.32 Å². The van der Waals surface area contributed by atoms with Gasteiger partial charge in [0.15, 0.2) is 0 Å². The summed E-state index contributed by atoms with van der Waals surface area (Å²) in [6.45, 7) is 0.271. The molecular weight excluding hydrogens is 256 g/mol. The van der Waals surface area contributed by atoms with Gasteiger partial charge in [0.25, 0.3) is 0 Å². The van der Waals surface area contributed by atoms with Crippen molar-refractivity contribution in [1.82, 2.24) is 4.31 Å². The maximum Gasteiger partial charge on any atom is 0.243 e. The Morgan fingerprint density at radius 2 is 2.06 bits per heavy atom. The fourth-order valence-electron chi connectivity index (χ4n) is 2.13. The number of rotatable bonds is 2. The fraction of sp³-hybridized carbons (Fsp3) is 0.364. The topological polar surface area (TPSA) is 86.7 Å². The zero-order valence-corrected chi connectivity index (χ0v) is 10.3. The van der Waals surface area contributed by atoms with Crippen molar-refractivity contribution < 1.29 is 18.3 Å². The van der Waals surface area contributed by atoms with Gasteiger partial charge in [0.1, 0.15) is 0 Å². The number of carbonyl (C=O) groups excluding carboxylic acids is 1. The number of sulfonamides is 1. The minimum Gasteiger partial charge on any atom is -0.390 e. The standard InChI is InChI=1S/C11H12N2O4S/c14-8-5-13(6-8)18(16,17)9-1-2-10-7(3-9)4-11(15)12-10/h1-3,8,14H,4-6H2,(H,12,15). The Bertz CT molecular complexity index is 620. The summed E-state index contributed by atoms with van der Waals surface area (Å²) in [6, 6.07) is 4.60. The number of fused-ring (bicyclic) bond motifs is 1. The van der Waals surface area contributed by atoms with Crippen molar-refractivity contribution >= 4 is 21.6 Å². The quantitative estimate of drug-likeness (QED) is 0.760. The van der Waals surface area contributed by atoms with Gasteiger partial charge in [0, 0.05) is 18.8 Å². The van der Waals surface area contributed by atoms with Crippen LogP contribution in [0.2, 0.25) is 0 Å². The lowest BCUT2D eigenvalue weighted by Gasteiger charge is -2.34. The summed E-state index contributed by atoms with van der Waals surface area (Å²) in [5.41, 5.74) is 1.37. The van der Waals surface area contributed by atoms with Crippen LogP contribution in [0, 0.1) is 0 Å². The van der Waals surface area contributed by atoms with Gasteiger partial charge >= 0.3 is 0 Å². The molecule has 2 N–H and O–H groups in total. The molecule has 0 unspecified atom stereocenters. The smallest absolute Gasteiger partial charge is 0.243 e. The van der Waals surface area contributed by atoms with E-state index in [-0.39, 0.29) is 30.3 Å². The molecule has 2 aliphatic rings. The molecule has 0 aliphatic carbocycles. The van der Waals surface area contributed by atoms with Crippen molar-refractivity contribution in [3.8, 4) is 0 Å². The van der Waals surface area contributed by atoms with E-state index < -0.39 is 16.1 Å². The van der Waals surface area contributed by atoms with Gasteiger partial charge in [-0.15, -0.1) is 0 Å². The van der Waals surface area contributed by atoms with E-state index >= 15 is 0 Å². The molecule has 0 spiro atoms. The third-order valence-corrected chi connectivity index (χ3v) is 5.00. The third kappa shape index (κ3) is 1.71. The second kappa shape index (κ2) is 3.78.